The molecule has 1 unspecified atom stereocenters. The molecular formula is C17H19FN4O2. The van der Waals surface area contributed by atoms with Gasteiger partial charge in [-0.1, -0.05) is 0 Å². The van der Waals surface area contributed by atoms with Crippen molar-refractivity contribution in [3.63, 3.8) is 0 Å². The quantitative estimate of drug-likeness (QED) is 0.930. The van der Waals surface area contributed by atoms with Crippen LogP contribution in [-0.2, 0) is 4.79 Å². The minimum absolute atomic E-state index is 0.0105. The van der Waals surface area contributed by atoms with Crippen LogP contribution in [0, 0.1) is 11.7 Å². The highest BCUT2D eigenvalue weighted by Crippen LogP contribution is 2.23. The van der Waals surface area contributed by atoms with Gasteiger partial charge in [0.1, 0.15) is 5.82 Å². The van der Waals surface area contributed by atoms with Gasteiger partial charge in [-0.05, 0) is 31.2 Å². The molecule has 1 aliphatic rings. The average Bonchev–Trinajstić information content (AvgIpc) is 2.78. The van der Waals surface area contributed by atoms with Gasteiger partial charge in [-0.25, -0.2) is 4.39 Å². The maximum absolute atomic E-state index is 14.3. The summed E-state index contributed by atoms with van der Waals surface area (Å²) in [5, 5.41) is 0. The van der Waals surface area contributed by atoms with Crippen LogP contribution in [0.1, 0.15) is 36.0 Å². The minimum Gasteiger partial charge on any atom is -0.370 e. The lowest BCUT2D eigenvalue weighted by Crippen LogP contribution is -2.32. The molecule has 0 bridgehead atoms. The fourth-order valence-corrected chi connectivity index (χ4v) is 3.18. The van der Waals surface area contributed by atoms with Gasteiger partial charge in [0.2, 0.25) is 5.91 Å². The van der Waals surface area contributed by atoms with E-state index >= 15 is 0 Å². The van der Waals surface area contributed by atoms with E-state index in [9.17, 15) is 14.0 Å². The number of rotatable bonds is 3. The van der Waals surface area contributed by atoms with Gasteiger partial charge in [-0.3, -0.25) is 19.6 Å². The predicted octanol–water partition coefficient (Wildman–Crippen LogP) is 1.89. The zero-order valence-electron chi connectivity index (χ0n) is 13.2. The first-order chi connectivity index (χ1) is 11.5. The third-order valence-electron chi connectivity index (χ3n) is 4.41. The van der Waals surface area contributed by atoms with Crippen molar-refractivity contribution in [1.82, 2.24) is 14.9 Å². The molecule has 2 heterocycles. The number of nitrogens with zero attached hydrogens (tertiary/aromatic N) is 3. The molecule has 0 saturated carbocycles. The van der Waals surface area contributed by atoms with Crippen LogP contribution in [0.25, 0.3) is 11.0 Å². The van der Waals surface area contributed by atoms with Crippen molar-refractivity contribution in [3.8, 4) is 0 Å². The van der Waals surface area contributed by atoms with E-state index in [1.54, 1.807) is 4.90 Å². The lowest BCUT2D eigenvalue weighted by atomic mass is 9.97. The highest BCUT2D eigenvalue weighted by atomic mass is 19.1. The normalized spacial score (nSPS) is 18.4. The number of primary amides is 1. The largest absolute Gasteiger partial charge is 0.370 e. The van der Waals surface area contributed by atoms with Gasteiger partial charge in [0.15, 0.2) is 0 Å². The highest BCUT2D eigenvalue weighted by Gasteiger charge is 2.24. The summed E-state index contributed by atoms with van der Waals surface area (Å²) in [5.74, 6) is -1.07. The third kappa shape index (κ3) is 3.50. The maximum Gasteiger partial charge on any atom is 0.256 e. The second-order valence-corrected chi connectivity index (χ2v) is 6.14. The number of aromatic nitrogens is 2. The number of likely N-dealkylation sites (tertiary alicyclic amines) is 1. The summed E-state index contributed by atoms with van der Waals surface area (Å²) < 4.78 is 14.3. The van der Waals surface area contributed by atoms with Crippen LogP contribution in [0.3, 0.4) is 0 Å². The molecule has 7 heteroatoms. The van der Waals surface area contributed by atoms with Crippen molar-refractivity contribution >= 4 is 22.8 Å². The van der Waals surface area contributed by atoms with E-state index in [-0.39, 0.29) is 23.3 Å². The predicted molar refractivity (Wildman–Crippen MR) is 86.6 cm³/mol. The molecule has 0 spiro atoms. The molecule has 24 heavy (non-hydrogen) atoms. The number of hydrogen-bond donors (Lipinski definition) is 1. The van der Waals surface area contributed by atoms with Crippen LogP contribution in [0.4, 0.5) is 4.39 Å². The number of amides is 2. The Morgan fingerprint density at radius 3 is 2.58 bits per heavy atom. The SMILES string of the molecule is NC(=O)CC1CCCN(C(=O)c2cc3nccnc3cc2F)CC1. The molecule has 1 fully saturated rings. The Bertz CT molecular complexity index is 780. The van der Waals surface area contributed by atoms with Gasteiger partial charge in [0, 0.05) is 38.0 Å². The van der Waals surface area contributed by atoms with E-state index in [1.807, 2.05) is 0 Å². The average molecular weight is 330 g/mol. The molecule has 0 aliphatic carbocycles. The van der Waals surface area contributed by atoms with Crippen molar-refractivity contribution in [2.45, 2.75) is 25.7 Å². The molecule has 1 aliphatic heterocycles. The Balaban J connectivity index is 1.79. The highest BCUT2D eigenvalue weighted by molar-refractivity contribution is 5.97. The van der Waals surface area contributed by atoms with E-state index in [1.165, 1.54) is 24.5 Å². The molecule has 6 nitrogen and oxygen atoms in total. The number of carbonyl (C=O) groups excluding carboxylic acids is 2. The molecule has 3 rings (SSSR count). The van der Waals surface area contributed by atoms with Crippen molar-refractivity contribution < 1.29 is 14.0 Å². The second-order valence-electron chi connectivity index (χ2n) is 6.14. The standard InChI is InChI=1S/C17H19FN4O2/c18-13-10-15-14(20-4-5-21-15)9-12(13)17(24)22-6-1-2-11(3-7-22)8-16(19)23/h4-5,9-11H,1-3,6-8H2,(H2,19,23). The molecule has 1 aromatic heterocycles. The van der Waals surface area contributed by atoms with Gasteiger partial charge < -0.3 is 10.6 Å². The molecule has 1 saturated heterocycles. The third-order valence-corrected chi connectivity index (χ3v) is 4.41. The Morgan fingerprint density at radius 1 is 1.17 bits per heavy atom. The smallest absolute Gasteiger partial charge is 0.256 e. The lowest BCUT2D eigenvalue weighted by molar-refractivity contribution is -0.119. The first kappa shape index (κ1) is 16.3. The summed E-state index contributed by atoms with van der Waals surface area (Å²) >= 11 is 0. The monoisotopic (exact) mass is 330 g/mol. The van der Waals surface area contributed by atoms with Crippen LogP contribution in [0.5, 0.6) is 0 Å². The van der Waals surface area contributed by atoms with E-state index in [2.05, 4.69) is 9.97 Å². The van der Waals surface area contributed by atoms with E-state index in [0.717, 1.165) is 12.8 Å². The summed E-state index contributed by atoms with van der Waals surface area (Å²) in [5.41, 5.74) is 6.17. The minimum atomic E-state index is -0.592. The van der Waals surface area contributed by atoms with Crippen molar-refractivity contribution in [1.29, 1.82) is 0 Å². The summed E-state index contributed by atoms with van der Waals surface area (Å²) in [4.78, 5) is 33.6. The van der Waals surface area contributed by atoms with Gasteiger partial charge in [0.05, 0.1) is 16.6 Å². The number of halogens is 1. The van der Waals surface area contributed by atoms with Crippen LogP contribution in [0.2, 0.25) is 0 Å². The van der Waals surface area contributed by atoms with Crippen LogP contribution in [0.15, 0.2) is 24.5 Å². The zero-order chi connectivity index (χ0) is 17.1. The van der Waals surface area contributed by atoms with Gasteiger partial charge in [-0.15, -0.1) is 0 Å². The first-order valence-electron chi connectivity index (χ1n) is 8.02. The van der Waals surface area contributed by atoms with Crippen molar-refractivity contribution in [2.75, 3.05) is 13.1 Å². The number of carbonyl (C=O) groups is 2. The maximum atomic E-state index is 14.3. The summed E-state index contributed by atoms with van der Waals surface area (Å²) in [7, 11) is 0. The van der Waals surface area contributed by atoms with Crippen LogP contribution < -0.4 is 5.73 Å². The molecule has 126 valence electrons. The fourth-order valence-electron chi connectivity index (χ4n) is 3.18. The number of hydrogen-bond acceptors (Lipinski definition) is 4. The number of benzene rings is 1. The van der Waals surface area contributed by atoms with Gasteiger partial charge >= 0.3 is 0 Å². The molecule has 1 aromatic carbocycles. The summed E-state index contributed by atoms with van der Waals surface area (Å²) in [6.07, 6.45) is 5.65. The molecule has 2 aromatic rings. The fraction of sp³-hybridized carbons (Fsp3) is 0.412. The Hall–Kier alpha value is -2.57. The molecule has 2 amide bonds. The van der Waals surface area contributed by atoms with E-state index in [0.29, 0.717) is 37.0 Å². The number of fused-ring (bicyclic) bond motifs is 1. The van der Waals surface area contributed by atoms with Crippen LogP contribution in [-0.4, -0.2) is 39.8 Å². The Labute approximate surface area is 138 Å². The van der Waals surface area contributed by atoms with Crippen molar-refractivity contribution in [3.05, 3.63) is 35.9 Å². The first-order valence-corrected chi connectivity index (χ1v) is 8.02. The molecular weight excluding hydrogens is 311 g/mol. The summed E-state index contributed by atoms with van der Waals surface area (Å²) in [6, 6.07) is 2.69. The van der Waals surface area contributed by atoms with Crippen molar-refractivity contribution in [2.24, 2.45) is 11.7 Å². The topological polar surface area (TPSA) is 89.2 Å². The van der Waals surface area contributed by atoms with Crippen LogP contribution >= 0.6 is 0 Å². The van der Waals surface area contributed by atoms with Gasteiger partial charge in [0.25, 0.3) is 5.91 Å². The van der Waals surface area contributed by atoms with Gasteiger partial charge in [-0.2, -0.15) is 0 Å². The Kier molecular flexibility index (Phi) is 4.69. The molecule has 0 radical (unpaired) electrons. The molecule has 2 N–H and O–H groups in total. The van der Waals surface area contributed by atoms with E-state index in [4.69, 9.17) is 5.73 Å². The second kappa shape index (κ2) is 6.90. The zero-order valence-corrected chi connectivity index (χ0v) is 13.2. The van der Waals surface area contributed by atoms with E-state index < -0.39 is 5.82 Å². The molecule has 1 atom stereocenters. The Morgan fingerprint density at radius 2 is 1.88 bits per heavy atom. The number of nitrogens with two attached hydrogens (primary N) is 1. The summed E-state index contributed by atoms with van der Waals surface area (Å²) in [6.45, 7) is 1.04. The lowest BCUT2D eigenvalue weighted by Gasteiger charge is -2.21.